The van der Waals surface area contributed by atoms with Crippen LogP contribution >= 0.6 is 11.8 Å². The van der Waals surface area contributed by atoms with Gasteiger partial charge in [0, 0.05) is 24.9 Å². The van der Waals surface area contributed by atoms with Crippen molar-refractivity contribution in [2.45, 2.75) is 45.2 Å². The zero-order chi connectivity index (χ0) is 14.3. The lowest BCUT2D eigenvalue weighted by molar-refractivity contribution is -0.122. The van der Waals surface area contributed by atoms with Crippen molar-refractivity contribution in [1.29, 1.82) is 0 Å². The predicted octanol–water partition coefficient (Wildman–Crippen LogP) is 1.39. The van der Waals surface area contributed by atoms with Crippen LogP contribution in [0.2, 0.25) is 0 Å². The van der Waals surface area contributed by atoms with E-state index in [4.69, 9.17) is 4.74 Å². The number of rotatable bonds is 7. The Bertz CT molecular complexity index is 330. The summed E-state index contributed by atoms with van der Waals surface area (Å²) in [6.45, 7) is 7.23. The average molecular weight is 287 g/mol. The molecule has 6 heteroatoms. The lowest BCUT2D eigenvalue weighted by Crippen LogP contribution is -2.43. The first kappa shape index (κ1) is 16.3. The quantitative estimate of drug-likeness (QED) is 0.695. The molecule has 0 saturated carbocycles. The molecule has 0 aromatic rings. The summed E-state index contributed by atoms with van der Waals surface area (Å²) in [5.74, 6) is 0.967. The minimum absolute atomic E-state index is 0.0579. The van der Waals surface area contributed by atoms with E-state index in [1.165, 1.54) is 0 Å². The van der Waals surface area contributed by atoms with Gasteiger partial charge in [0.25, 0.3) is 0 Å². The van der Waals surface area contributed by atoms with Gasteiger partial charge in [0.2, 0.25) is 5.91 Å². The van der Waals surface area contributed by atoms with Gasteiger partial charge in [-0.15, -0.1) is 0 Å². The Morgan fingerprint density at radius 2 is 2.26 bits per heavy atom. The lowest BCUT2D eigenvalue weighted by atomic mass is 9.96. The number of amidine groups is 1. The molecule has 1 unspecified atom stereocenters. The zero-order valence-electron chi connectivity index (χ0n) is 12.3. The lowest BCUT2D eigenvalue weighted by Gasteiger charge is -2.25. The van der Waals surface area contributed by atoms with Gasteiger partial charge >= 0.3 is 0 Å². The van der Waals surface area contributed by atoms with Crippen LogP contribution in [0.25, 0.3) is 0 Å². The van der Waals surface area contributed by atoms with E-state index in [9.17, 15) is 4.79 Å². The minimum Gasteiger partial charge on any atom is -0.383 e. The Balaban J connectivity index is 2.49. The number of thioether (sulfide) groups is 1. The molecule has 110 valence electrons. The molecule has 1 heterocycles. The summed E-state index contributed by atoms with van der Waals surface area (Å²) in [5, 5.41) is 7.15. The highest BCUT2D eigenvalue weighted by molar-refractivity contribution is 8.14. The maximum Gasteiger partial charge on any atom is 0.244 e. The Kier molecular flexibility index (Phi) is 6.65. The molecule has 0 aliphatic carbocycles. The summed E-state index contributed by atoms with van der Waals surface area (Å²) in [4.78, 5) is 16.3. The normalized spacial score (nSPS) is 21.2. The van der Waals surface area contributed by atoms with E-state index in [0.717, 1.165) is 23.8 Å². The van der Waals surface area contributed by atoms with Crippen LogP contribution in [0.4, 0.5) is 0 Å². The Hall–Kier alpha value is -0.750. The van der Waals surface area contributed by atoms with Crippen LogP contribution in [-0.2, 0) is 9.53 Å². The number of nitrogens with zero attached hydrogens (tertiary/aromatic N) is 1. The van der Waals surface area contributed by atoms with Gasteiger partial charge in [-0.05, 0) is 19.8 Å². The molecule has 1 rings (SSSR count). The van der Waals surface area contributed by atoms with Crippen LogP contribution in [-0.4, -0.2) is 48.7 Å². The van der Waals surface area contributed by atoms with Crippen molar-refractivity contribution in [3.05, 3.63) is 0 Å². The van der Waals surface area contributed by atoms with E-state index < -0.39 is 0 Å². The fourth-order valence-electron chi connectivity index (χ4n) is 1.86. The smallest absolute Gasteiger partial charge is 0.244 e. The molecular formula is C13H25N3O2S. The highest BCUT2D eigenvalue weighted by Crippen LogP contribution is 2.29. The second-order valence-corrected chi connectivity index (χ2v) is 5.76. The molecule has 0 aromatic carbocycles. The molecule has 0 spiro atoms. The van der Waals surface area contributed by atoms with Crippen molar-refractivity contribution in [2.24, 2.45) is 4.99 Å². The Morgan fingerprint density at radius 1 is 1.58 bits per heavy atom. The van der Waals surface area contributed by atoms with E-state index in [1.54, 1.807) is 18.9 Å². The predicted molar refractivity (Wildman–Crippen MR) is 80.7 cm³/mol. The number of nitrogens with one attached hydrogen (secondary N) is 2. The molecule has 19 heavy (non-hydrogen) atoms. The number of carbonyl (C=O) groups is 1. The fraction of sp³-hybridized carbons (Fsp3) is 0.846. The van der Waals surface area contributed by atoms with Crippen LogP contribution in [0.1, 0.15) is 33.6 Å². The molecule has 0 radical (unpaired) electrons. The molecule has 1 aliphatic heterocycles. The topological polar surface area (TPSA) is 62.7 Å². The molecule has 5 nitrogen and oxygen atoms in total. The number of ether oxygens (including phenoxy) is 1. The first-order valence-electron chi connectivity index (χ1n) is 6.82. The van der Waals surface area contributed by atoms with Crippen LogP contribution in [0.15, 0.2) is 4.99 Å². The van der Waals surface area contributed by atoms with Gasteiger partial charge in [-0.1, -0.05) is 25.6 Å². The number of hydrogen-bond acceptors (Lipinski definition) is 4. The summed E-state index contributed by atoms with van der Waals surface area (Å²) in [6, 6.07) is -0.364. The minimum atomic E-state index is -0.364. The van der Waals surface area contributed by atoms with Crippen molar-refractivity contribution in [3.8, 4) is 0 Å². The molecule has 1 saturated heterocycles. The number of carbonyl (C=O) groups excluding carboxylic acids is 1. The van der Waals surface area contributed by atoms with Gasteiger partial charge in [-0.25, -0.2) is 4.99 Å². The van der Waals surface area contributed by atoms with E-state index in [-0.39, 0.29) is 17.5 Å². The van der Waals surface area contributed by atoms with Gasteiger partial charge < -0.3 is 15.4 Å². The summed E-state index contributed by atoms with van der Waals surface area (Å²) < 4.78 is 4.89. The highest BCUT2D eigenvalue weighted by atomic mass is 32.2. The van der Waals surface area contributed by atoms with Crippen LogP contribution < -0.4 is 10.6 Å². The fourth-order valence-corrected chi connectivity index (χ4v) is 3.28. The second kappa shape index (κ2) is 7.75. The zero-order valence-corrected chi connectivity index (χ0v) is 13.1. The highest BCUT2D eigenvalue weighted by Gasteiger charge is 2.34. The van der Waals surface area contributed by atoms with Crippen molar-refractivity contribution >= 4 is 22.8 Å². The van der Waals surface area contributed by atoms with Crippen molar-refractivity contribution in [1.82, 2.24) is 10.6 Å². The number of amides is 1. The largest absolute Gasteiger partial charge is 0.383 e. The third kappa shape index (κ3) is 4.69. The maximum absolute atomic E-state index is 11.8. The van der Waals surface area contributed by atoms with Crippen LogP contribution in [0.5, 0.6) is 0 Å². The molecule has 0 aromatic heterocycles. The van der Waals surface area contributed by atoms with Gasteiger partial charge in [0.15, 0.2) is 5.17 Å². The van der Waals surface area contributed by atoms with Crippen LogP contribution in [0.3, 0.4) is 0 Å². The number of aliphatic imine (C=N–C) groups is 1. The maximum atomic E-state index is 11.8. The second-order valence-electron chi connectivity index (χ2n) is 4.80. The van der Waals surface area contributed by atoms with E-state index >= 15 is 0 Å². The summed E-state index contributed by atoms with van der Waals surface area (Å²) >= 11 is 1.71. The van der Waals surface area contributed by atoms with Crippen molar-refractivity contribution in [3.63, 3.8) is 0 Å². The van der Waals surface area contributed by atoms with Crippen LogP contribution in [0, 0.1) is 0 Å². The number of methoxy groups -OCH3 is 1. The van der Waals surface area contributed by atoms with Gasteiger partial charge in [-0.3, -0.25) is 4.79 Å². The summed E-state index contributed by atoms with van der Waals surface area (Å²) in [5.41, 5.74) is 0.149. The third-order valence-corrected chi connectivity index (χ3v) is 4.68. The van der Waals surface area contributed by atoms with E-state index in [2.05, 4.69) is 29.5 Å². The Morgan fingerprint density at radius 3 is 2.79 bits per heavy atom. The van der Waals surface area contributed by atoms with Gasteiger partial charge in [-0.2, -0.15) is 0 Å². The molecule has 2 N–H and O–H groups in total. The Labute approximate surface area is 120 Å². The monoisotopic (exact) mass is 287 g/mol. The SMILES string of the molecule is CCC1(CC)CSC(=NC(C)C(=O)NCCOC)N1. The standard InChI is InChI=1S/C13H25N3O2S/c1-5-13(6-2)9-19-12(16-13)15-10(3)11(17)14-7-8-18-4/h10H,5-9H2,1-4H3,(H,14,17)(H,15,16). The third-order valence-electron chi connectivity index (χ3n) is 3.51. The molecule has 0 bridgehead atoms. The van der Waals surface area contributed by atoms with Gasteiger partial charge in [0.05, 0.1) is 6.61 Å². The van der Waals surface area contributed by atoms with Crippen molar-refractivity contribution in [2.75, 3.05) is 26.0 Å². The molecule has 1 aliphatic rings. The van der Waals surface area contributed by atoms with E-state index in [0.29, 0.717) is 13.2 Å². The first-order valence-corrected chi connectivity index (χ1v) is 7.81. The molecule has 1 atom stereocenters. The molecule has 1 fully saturated rings. The average Bonchev–Trinajstić information content (AvgIpc) is 2.83. The summed E-state index contributed by atoms with van der Waals surface area (Å²) in [6.07, 6.45) is 2.15. The molecular weight excluding hydrogens is 262 g/mol. The van der Waals surface area contributed by atoms with Gasteiger partial charge in [0.1, 0.15) is 6.04 Å². The van der Waals surface area contributed by atoms with Crippen molar-refractivity contribution < 1.29 is 9.53 Å². The van der Waals surface area contributed by atoms with E-state index in [1.807, 2.05) is 6.92 Å². The summed E-state index contributed by atoms with van der Waals surface area (Å²) in [7, 11) is 1.62. The first-order chi connectivity index (χ1) is 9.06. The number of hydrogen-bond donors (Lipinski definition) is 2. The molecule has 1 amide bonds.